The summed E-state index contributed by atoms with van der Waals surface area (Å²) in [6.45, 7) is 3.19. The highest BCUT2D eigenvalue weighted by molar-refractivity contribution is 5.91. The van der Waals surface area contributed by atoms with E-state index in [4.69, 9.17) is 14.0 Å². The van der Waals surface area contributed by atoms with Crippen LogP contribution in [0.3, 0.4) is 0 Å². The first-order valence-corrected chi connectivity index (χ1v) is 8.14. The molecule has 132 valence electrons. The van der Waals surface area contributed by atoms with E-state index >= 15 is 0 Å². The molecule has 0 N–H and O–H groups in total. The van der Waals surface area contributed by atoms with Gasteiger partial charge in [0, 0.05) is 45.1 Å². The fourth-order valence-electron chi connectivity index (χ4n) is 3.52. The molecule has 0 radical (unpaired) electrons. The van der Waals surface area contributed by atoms with Crippen LogP contribution in [0, 0.1) is 5.41 Å². The second-order valence-electron chi connectivity index (χ2n) is 6.51. The largest absolute Gasteiger partial charge is 0.479 e. The van der Waals surface area contributed by atoms with Crippen molar-refractivity contribution in [1.29, 1.82) is 0 Å². The second kappa shape index (κ2) is 6.80. The van der Waals surface area contributed by atoms with E-state index in [2.05, 4.69) is 5.16 Å². The first-order chi connectivity index (χ1) is 11.6. The number of nitrogens with zero attached hydrogens (tertiary/aromatic N) is 3. The Kier molecular flexibility index (Phi) is 4.75. The number of ether oxygens (including phenoxy) is 2. The summed E-state index contributed by atoms with van der Waals surface area (Å²) in [6, 6.07) is 1.50. The lowest BCUT2D eigenvalue weighted by molar-refractivity contribution is -0.128. The summed E-state index contributed by atoms with van der Waals surface area (Å²) in [5, 5.41) is 3.66. The van der Waals surface area contributed by atoms with Crippen LogP contribution in [0.4, 0.5) is 0 Å². The monoisotopic (exact) mass is 337 g/mol. The highest BCUT2D eigenvalue weighted by Gasteiger charge is 2.45. The van der Waals surface area contributed by atoms with E-state index in [9.17, 15) is 9.59 Å². The van der Waals surface area contributed by atoms with Gasteiger partial charge in [0.1, 0.15) is 0 Å². The van der Waals surface area contributed by atoms with E-state index in [1.54, 1.807) is 12.0 Å². The molecule has 2 saturated heterocycles. The minimum Gasteiger partial charge on any atom is -0.479 e. The van der Waals surface area contributed by atoms with Crippen molar-refractivity contribution in [2.24, 2.45) is 5.41 Å². The third kappa shape index (κ3) is 3.24. The predicted octanol–water partition coefficient (Wildman–Crippen LogP) is 0.784. The van der Waals surface area contributed by atoms with Crippen LogP contribution >= 0.6 is 0 Å². The van der Waals surface area contributed by atoms with Gasteiger partial charge in [-0.05, 0) is 18.0 Å². The topological polar surface area (TPSA) is 85.1 Å². The van der Waals surface area contributed by atoms with Crippen molar-refractivity contribution >= 4 is 11.8 Å². The number of piperidine rings is 1. The molecule has 0 atom stereocenters. The van der Waals surface area contributed by atoms with Crippen LogP contribution in [-0.2, 0) is 9.53 Å². The summed E-state index contributed by atoms with van der Waals surface area (Å²) in [4.78, 5) is 28.3. The molecule has 0 bridgehead atoms. The molecule has 0 aliphatic carbocycles. The Bertz CT molecular complexity index is 607. The lowest BCUT2D eigenvalue weighted by atomic mass is 9.77. The molecule has 3 rings (SSSR count). The molecule has 24 heavy (non-hydrogen) atoms. The zero-order valence-electron chi connectivity index (χ0n) is 14.1. The molecule has 3 heterocycles. The molecule has 8 nitrogen and oxygen atoms in total. The van der Waals surface area contributed by atoms with Crippen LogP contribution < -0.4 is 4.74 Å². The van der Waals surface area contributed by atoms with Crippen LogP contribution in [0.2, 0.25) is 0 Å². The zero-order valence-corrected chi connectivity index (χ0v) is 14.1. The van der Waals surface area contributed by atoms with Crippen molar-refractivity contribution in [2.45, 2.75) is 19.3 Å². The molecule has 1 aromatic heterocycles. The summed E-state index contributed by atoms with van der Waals surface area (Å²) in [5.41, 5.74) is -0.0132. The van der Waals surface area contributed by atoms with E-state index in [0.29, 0.717) is 38.5 Å². The summed E-state index contributed by atoms with van der Waals surface area (Å²) >= 11 is 0. The van der Waals surface area contributed by atoms with Gasteiger partial charge in [-0.15, -0.1) is 0 Å². The first kappa shape index (κ1) is 16.8. The summed E-state index contributed by atoms with van der Waals surface area (Å²) in [5.74, 6) is 0.488. The summed E-state index contributed by atoms with van der Waals surface area (Å²) < 4.78 is 15.0. The Morgan fingerprint density at radius 1 is 1.38 bits per heavy atom. The number of hydrogen-bond acceptors (Lipinski definition) is 6. The van der Waals surface area contributed by atoms with Crippen molar-refractivity contribution in [3.63, 3.8) is 0 Å². The lowest BCUT2D eigenvalue weighted by Gasteiger charge is -2.38. The average molecular weight is 337 g/mol. The molecule has 2 fully saturated rings. The van der Waals surface area contributed by atoms with E-state index in [0.717, 1.165) is 19.4 Å². The van der Waals surface area contributed by atoms with Crippen molar-refractivity contribution < 1.29 is 23.6 Å². The number of methoxy groups -OCH3 is 2. The van der Waals surface area contributed by atoms with E-state index in [1.165, 1.54) is 13.2 Å². The highest BCUT2D eigenvalue weighted by atomic mass is 16.5. The van der Waals surface area contributed by atoms with E-state index in [1.807, 2.05) is 4.90 Å². The minimum absolute atomic E-state index is 0.0132. The number of amides is 2. The number of carbonyl (C=O) groups is 2. The van der Waals surface area contributed by atoms with Crippen LogP contribution in [0.25, 0.3) is 0 Å². The van der Waals surface area contributed by atoms with E-state index < -0.39 is 0 Å². The van der Waals surface area contributed by atoms with Gasteiger partial charge in [0.15, 0.2) is 0 Å². The van der Waals surface area contributed by atoms with Gasteiger partial charge in [-0.3, -0.25) is 9.59 Å². The fourth-order valence-corrected chi connectivity index (χ4v) is 3.52. The Morgan fingerprint density at radius 2 is 2.12 bits per heavy atom. The smallest absolute Gasteiger partial charge is 0.292 e. The molecule has 2 amide bonds. The molecular weight excluding hydrogens is 314 g/mol. The Balaban J connectivity index is 1.57. The van der Waals surface area contributed by atoms with Crippen LogP contribution in [0.5, 0.6) is 5.88 Å². The molecule has 0 saturated carbocycles. The van der Waals surface area contributed by atoms with Crippen molar-refractivity contribution in [3.8, 4) is 5.88 Å². The molecule has 8 heteroatoms. The number of hydrogen-bond donors (Lipinski definition) is 0. The lowest BCUT2D eigenvalue weighted by Crippen LogP contribution is -2.44. The van der Waals surface area contributed by atoms with Crippen LogP contribution in [0.15, 0.2) is 10.6 Å². The molecule has 1 spiro atoms. The minimum atomic E-state index is -0.179. The van der Waals surface area contributed by atoms with Crippen molar-refractivity contribution in [2.75, 3.05) is 47.0 Å². The van der Waals surface area contributed by atoms with Crippen molar-refractivity contribution in [3.05, 3.63) is 11.8 Å². The maximum absolute atomic E-state index is 12.4. The van der Waals surface area contributed by atoms with Gasteiger partial charge in [-0.1, -0.05) is 0 Å². The fraction of sp³-hybridized carbons (Fsp3) is 0.688. The van der Waals surface area contributed by atoms with Crippen LogP contribution in [0.1, 0.15) is 29.8 Å². The molecular formula is C16H23N3O5. The normalized spacial score (nSPS) is 20.0. The number of rotatable bonds is 5. The first-order valence-electron chi connectivity index (χ1n) is 8.14. The van der Waals surface area contributed by atoms with Crippen molar-refractivity contribution in [1.82, 2.24) is 15.0 Å². The third-order valence-electron chi connectivity index (χ3n) is 4.99. The maximum atomic E-state index is 12.4. The van der Waals surface area contributed by atoms with Gasteiger partial charge in [0.05, 0.1) is 19.8 Å². The number of aromatic nitrogens is 1. The maximum Gasteiger partial charge on any atom is 0.292 e. The Morgan fingerprint density at radius 3 is 2.75 bits per heavy atom. The highest BCUT2D eigenvalue weighted by Crippen LogP contribution is 2.41. The van der Waals surface area contributed by atoms with Gasteiger partial charge in [-0.2, -0.15) is 0 Å². The van der Waals surface area contributed by atoms with E-state index in [-0.39, 0.29) is 23.0 Å². The molecule has 2 aliphatic rings. The van der Waals surface area contributed by atoms with Gasteiger partial charge in [0.25, 0.3) is 11.8 Å². The standard InChI is InChI=1S/C16H23N3O5/c1-22-8-7-19-11-16(10-14(19)20)3-5-18(6-4-16)15(21)12-9-13(23-2)17-24-12/h9H,3-8,10-11H2,1-2H3. The van der Waals surface area contributed by atoms with Gasteiger partial charge >= 0.3 is 0 Å². The molecule has 0 aromatic carbocycles. The summed E-state index contributed by atoms with van der Waals surface area (Å²) in [7, 11) is 3.11. The Hall–Kier alpha value is -2.09. The predicted molar refractivity (Wildman–Crippen MR) is 83.7 cm³/mol. The average Bonchev–Trinajstić information content (AvgIpc) is 3.18. The summed E-state index contributed by atoms with van der Waals surface area (Å²) in [6.07, 6.45) is 2.20. The van der Waals surface area contributed by atoms with Gasteiger partial charge in [0.2, 0.25) is 11.7 Å². The molecule has 1 aromatic rings. The Labute approximate surface area is 140 Å². The number of likely N-dealkylation sites (tertiary alicyclic amines) is 2. The van der Waals surface area contributed by atoms with Gasteiger partial charge < -0.3 is 23.8 Å². The van der Waals surface area contributed by atoms with Crippen LogP contribution in [-0.4, -0.2) is 73.8 Å². The van der Waals surface area contributed by atoms with Gasteiger partial charge in [-0.25, -0.2) is 0 Å². The second-order valence-corrected chi connectivity index (χ2v) is 6.51. The third-order valence-corrected chi connectivity index (χ3v) is 4.99. The zero-order chi connectivity index (χ0) is 17.2. The molecule has 2 aliphatic heterocycles. The number of carbonyl (C=O) groups excluding carboxylic acids is 2. The molecule has 0 unspecified atom stereocenters. The quantitative estimate of drug-likeness (QED) is 0.789. The SMILES string of the molecule is COCCN1CC2(CCN(C(=O)c3cc(OC)no3)CC2)CC1=O.